The summed E-state index contributed by atoms with van der Waals surface area (Å²) in [5.74, 6) is -0.395. The monoisotopic (exact) mass is 323 g/mol. The van der Waals surface area contributed by atoms with E-state index in [-0.39, 0.29) is 5.75 Å². The Balaban J connectivity index is 2.23. The SMILES string of the molecule is C=CC(=O)Oc1c(C=O)cc(C)cc1-c1nc2ccccc2s1. The molecule has 5 heteroatoms. The minimum absolute atomic E-state index is 0.217. The van der Waals surface area contributed by atoms with Gasteiger partial charge < -0.3 is 4.74 Å². The minimum Gasteiger partial charge on any atom is -0.422 e. The maximum atomic E-state index is 11.6. The number of benzene rings is 2. The van der Waals surface area contributed by atoms with Crippen molar-refractivity contribution in [3.8, 4) is 16.3 Å². The van der Waals surface area contributed by atoms with Crippen LogP contribution in [-0.4, -0.2) is 17.2 Å². The van der Waals surface area contributed by atoms with Crippen LogP contribution in [0.4, 0.5) is 0 Å². The van der Waals surface area contributed by atoms with Crippen LogP contribution in [0, 0.1) is 6.92 Å². The molecule has 0 aliphatic rings. The quantitative estimate of drug-likeness (QED) is 0.313. The molecule has 0 saturated heterocycles. The van der Waals surface area contributed by atoms with Gasteiger partial charge in [-0.25, -0.2) is 9.78 Å². The molecule has 23 heavy (non-hydrogen) atoms. The molecule has 0 atom stereocenters. The van der Waals surface area contributed by atoms with Crippen molar-refractivity contribution < 1.29 is 14.3 Å². The van der Waals surface area contributed by atoms with Crippen LogP contribution < -0.4 is 4.74 Å². The van der Waals surface area contributed by atoms with Gasteiger partial charge in [0.2, 0.25) is 0 Å². The van der Waals surface area contributed by atoms with Crippen molar-refractivity contribution in [1.29, 1.82) is 0 Å². The first-order valence-electron chi connectivity index (χ1n) is 6.92. The number of aromatic nitrogens is 1. The highest BCUT2D eigenvalue weighted by Gasteiger charge is 2.18. The van der Waals surface area contributed by atoms with Gasteiger partial charge in [-0.2, -0.15) is 0 Å². The Morgan fingerprint density at radius 3 is 2.78 bits per heavy atom. The molecule has 0 aliphatic heterocycles. The lowest BCUT2D eigenvalue weighted by Crippen LogP contribution is -2.07. The van der Waals surface area contributed by atoms with E-state index in [1.807, 2.05) is 37.3 Å². The van der Waals surface area contributed by atoms with Gasteiger partial charge in [0.25, 0.3) is 0 Å². The van der Waals surface area contributed by atoms with Crippen LogP contribution in [0.3, 0.4) is 0 Å². The van der Waals surface area contributed by atoms with E-state index in [9.17, 15) is 9.59 Å². The maximum Gasteiger partial charge on any atom is 0.335 e. The first kappa shape index (κ1) is 15.1. The van der Waals surface area contributed by atoms with Gasteiger partial charge in [-0.05, 0) is 36.8 Å². The Kier molecular flexibility index (Phi) is 4.04. The Hall–Kier alpha value is -2.79. The molecule has 0 N–H and O–H groups in total. The zero-order valence-electron chi connectivity index (χ0n) is 12.4. The molecular weight excluding hydrogens is 310 g/mol. The Bertz CT molecular complexity index is 894. The molecule has 1 heterocycles. The molecule has 3 rings (SSSR count). The lowest BCUT2D eigenvalue weighted by atomic mass is 10.1. The summed E-state index contributed by atoms with van der Waals surface area (Å²) in [4.78, 5) is 27.6. The number of ether oxygens (including phenoxy) is 1. The summed E-state index contributed by atoms with van der Waals surface area (Å²) < 4.78 is 6.33. The number of aryl methyl sites for hydroxylation is 1. The molecule has 4 nitrogen and oxygen atoms in total. The van der Waals surface area contributed by atoms with Crippen molar-refractivity contribution >= 4 is 33.8 Å². The third-order valence-corrected chi connectivity index (χ3v) is 4.35. The van der Waals surface area contributed by atoms with Crippen LogP contribution in [0.5, 0.6) is 5.75 Å². The van der Waals surface area contributed by atoms with Crippen molar-refractivity contribution in [3.63, 3.8) is 0 Å². The fourth-order valence-corrected chi connectivity index (χ4v) is 3.27. The van der Waals surface area contributed by atoms with Gasteiger partial charge in [-0.3, -0.25) is 4.79 Å². The number of hydrogen-bond acceptors (Lipinski definition) is 5. The minimum atomic E-state index is -0.612. The fourth-order valence-electron chi connectivity index (χ4n) is 2.29. The highest BCUT2D eigenvalue weighted by Crippen LogP contribution is 2.38. The van der Waals surface area contributed by atoms with Gasteiger partial charge in [-0.15, -0.1) is 11.3 Å². The first-order valence-corrected chi connectivity index (χ1v) is 7.74. The van der Waals surface area contributed by atoms with Gasteiger partial charge in [-0.1, -0.05) is 18.7 Å². The van der Waals surface area contributed by atoms with Crippen LogP contribution in [0.2, 0.25) is 0 Å². The van der Waals surface area contributed by atoms with E-state index >= 15 is 0 Å². The lowest BCUT2D eigenvalue weighted by Gasteiger charge is -2.10. The van der Waals surface area contributed by atoms with E-state index in [0.717, 1.165) is 21.9 Å². The van der Waals surface area contributed by atoms with Crippen molar-refractivity contribution in [2.75, 3.05) is 0 Å². The smallest absolute Gasteiger partial charge is 0.335 e. The van der Waals surface area contributed by atoms with Crippen LogP contribution in [0.1, 0.15) is 15.9 Å². The normalized spacial score (nSPS) is 10.5. The molecule has 2 aromatic carbocycles. The molecular formula is C18H13NO3S. The second-order valence-corrected chi connectivity index (χ2v) is 5.99. The summed E-state index contributed by atoms with van der Waals surface area (Å²) in [7, 11) is 0. The lowest BCUT2D eigenvalue weighted by molar-refractivity contribution is -0.128. The summed E-state index contributed by atoms with van der Waals surface area (Å²) in [6.45, 7) is 5.27. The molecule has 0 amide bonds. The zero-order chi connectivity index (χ0) is 16.4. The number of carbonyl (C=O) groups excluding carboxylic acids is 2. The fraction of sp³-hybridized carbons (Fsp3) is 0.0556. The van der Waals surface area contributed by atoms with E-state index in [4.69, 9.17) is 4.74 Å². The van der Waals surface area contributed by atoms with Crippen LogP contribution in [-0.2, 0) is 4.79 Å². The average molecular weight is 323 g/mol. The highest BCUT2D eigenvalue weighted by molar-refractivity contribution is 7.21. The number of rotatable bonds is 4. The van der Waals surface area contributed by atoms with Gasteiger partial charge in [0.15, 0.2) is 12.0 Å². The molecule has 0 saturated carbocycles. The molecule has 0 unspecified atom stereocenters. The number of para-hydroxylation sites is 1. The summed E-state index contributed by atoms with van der Waals surface area (Å²) in [6, 6.07) is 11.3. The van der Waals surface area contributed by atoms with Gasteiger partial charge in [0, 0.05) is 6.08 Å². The Labute approximate surface area is 137 Å². The number of esters is 1. The number of fused-ring (bicyclic) bond motifs is 1. The molecule has 0 fully saturated rings. The summed E-state index contributed by atoms with van der Waals surface area (Å²) in [5, 5.41) is 0.699. The summed E-state index contributed by atoms with van der Waals surface area (Å²) >= 11 is 1.48. The summed E-state index contributed by atoms with van der Waals surface area (Å²) in [5.41, 5.74) is 2.69. The second kappa shape index (κ2) is 6.14. The molecule has 0 bridgehead atoms. The average Bonchev–Trinajstić information content (AvgIpc) is 2.99. The van der Waals surface area contributed by atoms with Gasteiger partial charge >= 0.3 is 5.97 Å². The number of hydrogen-bond donors (Lipinski definition) is 0. The maximum absolute atomic E-state index is 11.6. The molecule has 1 aromatic heterocycles. The van der Waals surface area contributed by atoms with Crippen LogP contribution in [0.15, 0.2) is 49.1 Å². The topological polar surface area (TPSA) is 56.3 Å². The third-order valence-electron chi connectivity index (χ3n) is 3.28. The standard InChI is InChI=1S/C18H13NO3S/c1-3-16(21)22-17-12(10-20)8-11(2)9-13(17)18-19-14-6-4-5-7-15(14)23-18/h3-10H,1H2,2H3. The number of thiazole rings is 1. The number of aldehydes is 1. The number of nitrogens with zero attached hydrogens (tertiary/aromatic N) is 1. The predicted molar refractivity (Wildman–Crippen MR) is 91.0 cm³/mol. The molecule has 114 valence electrons. The summed E-state index contributed by atoms with van der Waals surface area (Å²) in [6.07, 6.45) is 1.74. The first-order chi connectivity index (χ1) is 11.1. The largest absolute Gasteiger partial charge is 0.422 e. The molecule has 0 spiro atoms. The van der Waals surface area contributed by atoms with Gasteiger partial charge in [0.1, 0.15) is 5.01 Å². The number of carbonyl (C=O) groups is 2. The Morgan fingerprint density at radius 1 is 1.30 bits per heavy atom. The predicted octanol–water partition coefficient (Wildman–Crippen LogP) is 4.18. The Morgan fingerprint density at radius 2 is 2.09 bits per heavy atom. The van der Waals surface area contributed by atoms with E-state index in [1.165, 1.54) is 11.3 Å². The van der Waals surface area contributed by atoms with E-state index in [0.29, 0.717) is 22.4 Å². The van der Waals surface area contributed by atoms with Gasteiger partial charge in [0.05, 0.1) is 21.3 Å². The van der Waals surface area contributed by atoms with Crippen LogP contribution >= 0.6 is 11.3 Å². The van der Waals surface area contributed by atoms with E-state index in [2.05, 4.69) is 11.6 Å². The van der Waals surface area contributed by atoms with E-state index < -0.39 is 5.97 Å². The third kappa shape index (κ3) is 2.91. The van der Waals surface area contributed by atoms with Crippen molar-refractivity contribution in [3.05, 3.63) is 60.2 Å². The zero-order valence-corrected chi connectivity index (χ0v) is 13.2. The molecule has 0 aliphatic carbocycles. The van der Waals surface area contributed by atoms with Crippen molar-refractivity contribution in [1.82, 2.24) is 4.98 Å². The molecule has 3 aromatic rings. The van der Waals surface area contributed by atoms with Crippen LogP contribution in [0.25, 0.3) is 20.8 Å². The van der Waals surface area contributed by atoms with E-state index in [1.54, 1.807) is 6.07 Å². The molecule has 0 radical (unpaired) electrons. The second-order valence-electron chi connectivity index (χ2n) is 4.96. The van der Waals surface area contributed by atoms with Crippen molar-refractivity contribution in [2.24, 2.45) is 0 Å². The van der Waals surface area contributed by atoms with Crippen molar-refractivity contribution in [2.45, 2.75) is 6.92 Å². The highest BCUT2D eigenvalue weighted by atomic mass is 32.1.